The van der Waals surface area contributed by atoms with Crippen LogP contribution >= 0.6 is 11.6 Å². The lowest BCUT2D eigenvalue weighted by Crippen LogP contribution is -2.32. The number of benzene rings is 1. The maximum Gasteiger partial charge on any atom is 0.320 e. The molecule has 0 amide bonds. The van der Waals surface area contributed by atoms with Crippen molar-refractivity contribution in [3.63, 3.8) is 0 Å². The summed E-state index contributed by atoms with van der Waals surface area (Å²) in [5.41, 5.74) is 7.08. The summed E-state index contributed by atoms with van der Waals surface area (Å²) in [5.74, 6) is 0.307. The second-order valence-electron chi connectivity index (χ2n) is 5.81. The molecule has 0 heterocycles. The molecule has 0 fully saturated rings. The average Bonchev–Trinajstić information content (AvgIpc) is 2.54. The molecular formula is C17H27ClN2O3S. The number of nitrogens with two attached hydrogens (primary N) is 1. The number of hydrogen-bond donors (Lipinski definition) is 3. The molecule has 0 aliphatic carbocycles. The van der Waals surface area contributed by atoms with E-state index in [1.165, 1.54) is 6.42 Å². The third-order valence-electron chi connectivity index (χ3n) is 3.64. The normalized spacial score (nSPS) is 13.4. The third-order valence-corrected chi connectivity index (χ3v) is 5.03. The molecule has 1 aromatic carbocycles. The largest absolute Gasteiger partial charge is 0.480 e. The summed E-state index contributed by atoms with van der Waals surface area (Å²) >= 11 is 5.63. The van der Waals surface area contributed by atoms with Gasteiger partial charge in [0, 0.05) is 17.3 Å². The average molecular weight is 375 g/mol. The number of rotatable bonds is 13. The van der Waals surface area contributed by atoms with Gasteiger partial charge >= 0.3 is 5.97 Å². The minimum atomic E-state index is -1.13. The van der Waals surface area contributed by atoms with Gasteiger partial charge in [0.2, 0.25) is 0 Å². The van der Waals surface area contributed by atoms with Gasteiger partial charge in [-0.05, 0) is 37.0 Å². The molecular weight excluding hydrogens is 348 g/mol. The molecule has 1 unspecified atom stereocenters. The van der Waals surface area contributed by atoms with Gasteiger partial charge in [0.15, 0.2) is 0 Å². The van der Waals surface area contributed by atoms with Gasteiger partial charge in [-0.2, -0.15) is 0 Å². The van der Waals surface area contributed by atoms with Crippen molar-refractivity contribution in [3.8, 4) is 0 Å². The summed E-state index contributed by atoms with van der Waals surface area (Å²) in [6.45, 7) is 0. The molecule has 0 saturated heterocycles. The standard InChI is InChI=1S/C17H27ClN2O3S/c18-10-5-3-1-2-4-6-11-24(23)20-15-9-7-8-14(12-15)13-16(19)17(21)22/h7-9,12,16,20H,1-6,10-11,13,19H2,(H,21,22)/t16-,24?/m0/s1. The predicted octanol–water partition coefficient (Wildman–Crippen LogP) is 3.30. The topological polar surface area (TPSA) is 92.4 Å². The number of alkyl halides is 1. The van der Waals surface area contributed by atoms with Crippen LogP contribution in [-0.4, -0.2) is 33.0 Å². The number of unbranched alkanes of at least 4 members (excludes halogenated alkanes) is 5. The van der Waals surface area contributed by atoms with Crippen LogP contribution in [0.4, 0.5) is 5.69 Å². The van der Waals surface area contributed by atoms with Crippen molar-refractivity contribution < 1.29 is 14.1 Å². The van der Waals surface area contributed by atoms with Gasteiger partial charge in [-0.25, -0.2) is 4.21 Å². The molecule has 0 aliphatic rings. The van der Waals surface area contributed by atoms with E-state index in [2.05, 4.69) is 4.72 Å². The fourth-order valence-electron chi connectivity index (χ4n) is 2.32. The Morgan fingerprint density at radius 3 is 2.54 bits per heavy atom. The molecule has 2 atom stereocenters. The minimum absolute atomic E-state index is 0.250. The first-order chi connectivity index (χ1) is 11.5. The zero-order valence-corrected chi connectivity index (χ0v) is 15.5. The van der Waals surface area contributed by atoms with E-state index >= 15 is 0 Å². The van der Waals surface area contributed by atoms with E-state index in [0.717, 1.165) is 49.2 Å². The van der Waals surface area contributed by atoms with Crippen molar-refractivity contribution in [1.29, 1.82) is 0 Å². The number of nitrogens with one attached hydrogen (secondary N) is 1. The Hall–Kier alpha value is -1.11. The van der Waals surface area contributed by atoms with Crippen LogP contribution in [0.15, 0.2) is 24.3 Å². The molecule has 1 rings (SSSR count). The minimum Gasteiger partial charge on any atom is -0.480 e. The zero-order valence-electron chi connectivity index (χ0n) is 13.9. The number of halogens is 1. The predicted molar refractivity (Wildman–Crippen MR) is 101 cm³/mol. The molecule has 0 aromatic heterocycles. The van der Waals surface area contributed by atoms with Crippen LogP contribution in [0.3, 0.4) is 0 Å². The summed E-state index contributed by atoms with van der Waals surface area (Å²) in [7, 11) is -1.13. The Balaban J connectivity index is 2.30. The van der Waals surface area contributed by atoms with Gasteiger partial charge in [0.25, 0.3) is 0 Å². The van der Waals surface area contributed by atoms with Crippen molar-refractivity contribution in [2.24, 2.45) is 5.73 Å². The van der Waals surface area contributed by atoms with E-state index in [9.17, 15) is 9.00 Å². The van der Waals surface area contributed by atoms with E-state index in [1.54, 1.807) is 12.1 Å². The van der Waals surface area contributed by atoms with Crippen molar-refractivity contribution in [2.45, 2.75) is 51.0 Å². The number of hydrogen-bond acceptors (Lipinski definition) is 3. The molecule has 136 valence electrons. The Kier molecular flexibility index (Phi) is 10.7. The highest BCUT2D eigenvalue weighted by Crippen LogP contribution is 2.14. The van der Waals surface area contributed by atoms with Crippen molar-refractivity contribution in [1.82, 2.24) is 0 Å². The quantitative estimate of drug-likeness (QED) is 0.365. The highest BCUT2D eigenvalue weighted by molar-refractivity contribution is 7.86. The first kappa shape index (κ1) is 20.9. The van der Waals surface area contributed by atoms with Gasteiger partial charge in [-0.1, -0.05) is 37.8 Å². The number of carbonyl (C=O) groups is 1. The van der Waals surface area contributed by atoms with Crippen LogP contribution in [0.2, 0.25) is 0 Å². The van der Waals surface area contributed by atoms with Gasteiger partial charge in [-0.15, -0.1) is 11.6 Å². The van der Waals surface area contributed by atoms with Gasteiger partial charge in [0.1, 0.15) is 17.0 Å². The summed E-state index contributed by atoms with van der Waals surface area (Å²) in [5, 5.41) is 8.85. The van der Waals surface area contributed by atoms with Crippen LogP contribution in [0.5, 0.6) is 0 Å². The number of carboxylic acid groups (broad SMARTS) is 1. The van der Waals surface area contributed by atoms with Crippen LogP contribution in [0.25, 0.3) is 0 Å². The number of aliphatic carboxylic acids is 1. The van der Waals surface area contributed by atoms with Crippen LogP contribution in [-0.2, 0) is 22.2 Å². The van der Waals surface area contributed by atoms with Crippen molar-refractivity contribution in [2.75, 3.05) is 16.4 Å². The van der Waals surface area contributed by atoms with E-state index < -0.39 is 23.0 Å². The Morgan fingerprint density at radius 2 is 1.88 bits per heavy atom. The van der Waals surface area contributed by atoms with Crippen LogP contribution in [0, 0.1) is 0 Å². The first-order valence-corrected chi connectivity index (χ1v) is 10.2. The fraction of sp³-hybridized carbons (Fsp3) is 0.588. The molecule has 4 N–H and O–H groups in total. The molecule has 24 heavy (non-hydrogen) atoms. The Morgan fingerprint density at radius 1 is 1.21 bits per heavy atom. The summed E-state index contributed by atoms with van der Waals surface area (Å²) < 4.78 is 15.0. The smallest absolute Gasteiger partial charge is 0.320 e. The molecule has 0 radical (unpaired) electrons. The third kappa shape index (κ3) is 9.25. The second kappa shape index (κ2) is 12.3. The lowest BCUT2D eigenvalue weighted by Gasteiger charge is -2.10. The van der Waals surface area contributed by atoms with Gasteiger partial charge < -0.3 is 15.6 Å². The number of carboxylic acids is 1. The lowest BCUT2D eigenvalue weighted by molar-refractivity contribution is -0.138. The summed E-state index contributed by atoms with van der Waals surface area (Å²) in [6, 6.07) is 6.31. The summed E-state index contributed by atoms with van der Waals surface area (Å²) in [6.07, 6.45) is 6.80. The molecule has 0 aliphatic heterocycles. The van der Waals surface area contributed by atoms with E-state index in [-0.39, 0.29) is 6.42 Å². The van der Waals surface area contributed by atoms with Gasteiger partial charge in [-0.3, -0.25) is 4.79 Å². The lowest BCUT2D eigenvalue weighted by atomic mass is 10.1. The van der Waals surface area contributed by atoms with Crippen molar-refractivity contribution in [3.05, 3.63) is 29.8 Å². The molecule has 1 aromatic rings. The first-order valence-electron chi connectivity index (χ1n) is 8.31. The number of anilines is 1. The Labute approximate surface area is 151 Å². The van der Waals surface area contributed by atoms with E-state index in [4.69, 9.17) is 22.4 Å². The second-order valence-corrected chi connectivity index (χ2v) is 7.49. The SMILES string of the molecule is N[C@@H](Cc1cccc(NS(=O)CCCCCCCCCl)c1)C(=O)O. The van der Waals surface area contributed by atoms with E-state index in [1.807, 2.05) is 12.1 Å². The van der Waals surface area contributed by atoms with Crippen molar-refractivity contribution >= 4 is 34.2 Å². The Bertz CT molecular complexity index is 528. The highest BCUT2D eigenvalue weighted by atomic mass is 35.5. The highest BCUT2D eigenvalue weighted by Gasteiger charge is 2.12. The summed E-state index contributed by atoms with van der Waals surface area (Å²) in [4.78, 5) is 10.8. The monoisotopic (exact) mass is 374 g/mol. The van der Waals surface area contributed by atoms with Gasteiger partial charge in [0.05, 0.1) is 0 Å². The molecule has 0 saturated carbocycles. The molecule has 7 heteroatoms. The molecule has 0 bridgehead atoms. The zero-order chi connectivity index (χ0) is 17.8. The maximum absolute atomic E-state index is 12.1. The van der Waals surface area contributed by atoms with E-state index in [0.29, 0.717) is 5.75 Å². The molecule has 0 spiro atoms. The molecule has 5 nitrogen and oxygen atoms in total. The van der Waals surface area contributed by atoms with Crippen LogP contribution in [0.1, 0.15) is 44.1 Å². The maximum atomic E-state index is 12.1. The van der Waals surface area contributed by atoms with Crippen LogP contribution < -0.4 is 10.5 Å². The fourth-order valence-corrected chi connectivity index (χ4v) is 3.47.